The fourth-order valence-electron chi connectivity index (χ4n) is 5.41. The predicted molar refractivity (Wildman–Crippen MR) is 162 cm³/mol. The number of thiocarbonyl (C=S) groups is 1. The molecular formula is C31H37F5N2O3SSi. The van der Waals surface area contributed by atoms with E-state index in [1.54, 1.807) is 0 Å². The summed E-state index contributed by atoms with van der Waals surface area (Å²) in [4.78, 5) is 4.95. The number of ether oxygens (including phenoxy) is 2. The van der Waals surface area contributed by atoms with Crippen LogP contribution in [0.25, 0.3) is 11.0 Å². The molecule has 1 N–H and O–H groups in total. The Kier molecular flexibility index (Phi) is 8.80. The van der Waals surface area contributed by atoms with Gasteiger partial charge in [0.2, 0.25) is 0 Å². The molecule has 1 aromatic carbocycles. The highest BCUT2D eigenvalue weighted by Gasteiger charge is 2.65. The van der Waals surface area contributed by atoms with E-state index in [9.17, 15) is 18.3 Å². The van der Waals surface area contributed by atoms with Gasteiger partial charge in [0.25, 0.3) is 0 Å². The molecule has 2 fully saturated rings. The summed E-state index contributed by atoms with van der Waals surface area (Å²) < 4.78 is 86.5. The van der Waals surface area contributed by atoms with Gasteiger partial charge in [-0.05, 0) is 84.2 Å². The number of alkyl halides is 3. The second-order valence-electron chi connectivity index (χ2n) is 13.3. The molecule has 0 aliphatic heterocycles. The Labute approximate surface area is 254 Å². The number of nitrogens with zero attached hydrogens (tertiary/aromatic N) is 2. The van der Waals surface area contributed by atoms with Gasteiger partial charge in [-0.1, -0.05) is 31.9 Å². The minimum Gasteiger partial charge on any atom is -0.450 e. The fraction of sp³-hybridized carbons (Fsp3) is 0.548. The summed E-state index contributed by atoms with van der Waals surface area (Å²) in [6.07, 6.45) is 1.39. The van der Waals surface area contributed by atoms with E-state index in [0.717, 1.165) is 37.4 Å². The second kappa shape index (κ2) is 11.8. The Balaban J connectivity index is 1.42. The molecular weight excluding hydrogens is 603 g/mol. The van der Waals surface area contributed by atoms with E-state index in [1.807, 2.05) is 0 Å². The van der Waals surface area contributed by atoms with E-state index in [0.29, 0.717) is 23.5 Å². The Morgan fingerprint density at radius 3 is 2.35 bits per heavy atom. The number of rotatable bonds is 14. The summed E-state index contributed by atoms with van der Waals surface area (Å²) in [6, 6.07) is 4.48. The molecule has 2 aromatic heterocycles. The average Bonchev–Trinajstić information content (AvgIpc) is 3.84. The lowest BCUT2D eigenvalue weighted by atomic mass is 9.95. The van der Waals surface area contributed by atoms with Crippen molar-refractivity contribution in [1.82, 2.24) is 9.55 Å². The number of aliphatic hydroxyl groups is 1. The molecule has 0 radical (unpaired) electrons. The van der Waals surface area contributed by atoms with Crippen molar-refractivity contribution in [3.8, 4) is 11.5 Å². The molecule has 5 nitrogen and oxygen atoms in total. The highest BCUT2D eigenvalue weighted by Crippen LogP contribution is 2.61. The highest BCUT2D eigenvalue weighted by molar-refractivity contribution is 7.80. The molecule has 0 spiro atoms. The second-order valence-corrected chi connectivity index (χ2v) is 19.5. The maximum atomic E-state index is 15.3. The Morgan fingerprint density at radius 2 is 1.79 bits per heavy atom. The lowest BCUT2D eigenvalue weighted by molar-refractivity contribution is -0.160. The molecule has 0 atom stereocenters. The topological polar surface area (TPSA) is 56.5 Å². The molecule has 12 heteroatoms. The number of hydrogen-bond donors (Lipinski definition) is 1. The number of halogens is 5. The summed E-state index contributed by atoms with van der Waals surface area (Å²) in [5.74, 6) is -2.79. The minimum absolute atomic E-state index is 0.0118. The molecule has 0 amide bonds. The Hall–Kier alpha value is -2.41. The van der Waals surface area contributed by atoms with Crippen LogP contribution in [-0.2, 0) is 23.3 Å². The smallest absolute Gasteiger partial charge is 0.398 e. The van der Waals surface area contributed by atoms with E-state index in [2.05, 4.69) is 24.6 Å². The van der Waals surface area contributed by atoms with Crippen molar-refractivity contribution in [2.24, 2.45) is 5.41 Å². The predicted octanol–water partition coefficient (Wildman–Crippen LogP) is 8.48. The standard InChI is InChI=1S/C31H37F5N2O3SSi/c1-43(2,3)13-12-40-19-38-17-22(30(9-10-30)31(34,35)36)26-25(5-11-37-28(26)38)41-27-23(32)15-20(16-24(27)33)14-21(42)4-6-29(18-39)7-8-29/h5,11,15-17,39H,4,6-10,12-14,18-19H2,1-3H3. The van der Waals surface area contributed by atoms with Crippen LogP contribution in [0.4, 0.5) is 22.0 Å². The molecule has 5 rings (SSSR count). The summed E-state index contributed by atoms with van der Waals surface area (Å²) in [7, 11) is -1.38. The van der Waals surface area contributed by atoms with Crippen LogP contribution in [0.15, 0.2) is 30.6 Å². The number of pyridine rings is 1. The van der Waals surface area contributed by atoms with E-state index >= 15 is 8.78 Å². The van der Waals surface area contributed by atoms with Crippen molar-refractivity contribution in [2.45, 2.75) is 89.0 Å². The summed E-state index contributed by atoms with van der Waals surface area (Å²) in [5, 5.41) is 9.57. The van der Waals surface area contributed by atoms with Crippen molar-refractivity contribution >= 4 is 36.2 Å². The molecule has 3 aromatic rings. The van der Waals surface area contributed by atoms with Crippen LogP contribution in [0, 0.1) is 17.0 Å². The molecule has 234 valence electrons. The van der Waals surface area contributed by atoms with Crippen LogP contribution >= 0.6 is 12.2 Å². The van der Waals surface area contributed by atoms with Gasteiger partial charge < -0.3 is 19.1 Å². The van der Waals surface area contributed by atoms with Gasteiger partial charge in [-0.2, -0.15) is 13.2 Å². The van der Waals surface area contributed by atoms with Gasteiger partial charge in [0.05, 0.1) is 10.8 Å². The van der Waals surface area contributed by atoms with Gasteiger partial charge in [-0.25, -0.2) is 13.8 Å². The van der Waals surface area contributed by atoms with Gasteiger partial charge in [-0.3, -0.25) is 0 Å². The number of fused-ring (bicyclic) bond motifs is 1. The molecule has 0 saturated heterocycles. The first-order valence-corrected chi connectivity index (χ1v) is 18.7. The van der Waals surface area contributed by atoms with Crippen LogP contribution < -0.4 is 4.74 Å². The van der Waals surface area contributed by atoms with E-state index in [4.69, 9.17) is 21.7 Å². The van der Waals surface area contributed by atoms with Gasteiger partial charge in [0.15, 0.2) is 17.4 Å². The van der Waals surface area contributed by atoms with Crippen molar-refractivity contribution in [3.63, 3.8) is 0 Å². The van der Waals surface area contributed by atoms with E-state index in [-0.39, 0.29) is 60.4 Å². The maximum Gasteiger partial charge on any atom is 0.398 e. The molecule has 2 heterocycles. The Bertz CT molecular complexity index is 1490. The third kappa shape index (κ3) is 6.97. The first-order chi connectivity index (χ1) is 20.2. The average molecular weight is 641 g/mol. The third-order valence-corrected chi connectivity index (χ3v) is 10.7. The van der Waals surface area contributed by atoms with Crippen molar-refractivity contribution in [3.05, 3.63) is 53.4 Å². The quantitative estimate of drug-likeness (QED) is 0.0829. The largest absolute Gasteiger partial charge is 0.450 e. The molecule has 2 aliphatic carbocycles. The number of hydrogen-bond acceptors (Lipinski definition) is 5. The minimum atomic E-state index is -4.52. The van der Waals surface area contributed by atoms with Crippen molar-refractivity contribution < 1.29 is 36.5 Å². The van der Waals surface area contributed by atoms with Gasteiger partial charge in [0, 0.05) is 40.1 Å². The zero-order chi connectivity index (χ0) is 31.2. The molecule has 2 saturated carbocycles. The van der Waals surface area contributed by atoms with E-state index in [1.165, 1.54) is 23.0 Å². The summed E-state index contributed by atoms with van der Waals surface area (Å²) in [6.45, 7) is 7.15. The first-order valence-electron chi connectivity index (χ1n) is 14.6. The Morgan fingerprint density at radius 1 is 1.12 bits per heavy atom. The molecule has 0 unspecified atom stereocenters. The van der Waals surface area contributed by atoms with Crippen LogP contribution in [0.3, 0.4) is 0 Å². The molecule has 0 bridgehead atoms. The zero-order valence-corrected chi connectivity index (χ0v) is 26.4. The zero-order valence-electron chi connectivity index (χ0n) is 24.6. The van der Waals surface area contributed by atoms with Gasteiger partial charge in [-0.15, -0.1) is 0 Å². The van der Waals surface area contributed by atoms with E-state index < -0.39 is 37.0 Å². The summed E-state index contributed by atoms with van der Waals surface area (Å²) in [5.41, 5.74) is -1.67. The summed E-state index contributed by atoms with van der Waals surface area (Å²) >= 11 is 5.43. The van der Waals surface area contributed by atoms with Gasteiger partial charge >= 0.3 is 6.18 Å². The number of benzene rings is 1. The van der Waals surface area contributed by atoms with Crippen molar-refractivity contribution in [1.29, 1.82) is 0 Å². The highest BCUT2D eigenvalue weighted by atomic mass is 32.1. The van der Waals surface area contributed by atoms with Gasteiger partial charge in [0.1, 0.15) is 18.1 Å². The number of aliphatic hydroxyl groups excluding tert-OH is 1. The van der Waals surface area contributed by atoms with Crippen LogP contribution in [-0.4, -0.2) is 47.0 Å². The monoisotopic (exact) mass is 640 g/mol. The van der Waals surface area contributed by atoms with Crippen molar-refractivity contribution in [2.75, 3.05) is 13.2 Å². The lowest BCUT2D eigenvalue weighted by Gasteiger charge is -2.19. The van der Waals surface area contributed by atoms with Crippen LogP contribution in [0.2, 0.25) is 25.7 Å². The SMILES string of the molecule is C[Si](C)(C)CCOCn1cc(C2(C(F)(F)F)CC2)c2c(Oc3c(F)cc(CC(=S)CCC4(CO)CC4)cc3F)ccnc21. The molecule has 43 heavy (non-hydrogen) atoms. The lowest BCUT2D eigenvalue weighted by Crippen LogP contribution is -2.28. The van der Waals surface area contributed by atoms with Crippen LogP contribution in [0.5, 0.6) is 11.5 Å². The number of aromatic nitrogens is 2. The van der Waals surface area contributed by atoms with Crippen LogP contribution in [0.1, 0.15) is 49.7 Å². The fourth-order valence-corrected chi connectivity index (χ4v) is 6.44. The normalized spacial score (nSPS) is 17.3. The third-order valence-electron chi connectivity index (χ3n) is 8.65. The first kappa shape index (κ1) is 32.0. The maximum absolute atomic E-state index is 15.3. The molecule has 2 aliphatic rings.